The number of esters is 1. The number of ether oxygens (including phenoxy) is 1. The Morgan fingerprint density at radius 3 is 2.31 bits per heavy atom. The van der Waals surface area contributed by atoms with Crippen molar-refractivity contribution in [3.05, 3.63) is 89.6 Å². The van der Waals surface area contributed by atoms with Crippen molar-refractivity contribution in [1.82, 2.24) is 4.90 Å². The smallest absolute Gasteiger partial charge is 0.323 e. The van der Waals surface area contributed by atoms with Crippen molar-refractivity contribution >= 4 is 23.6 Å². The summed E-state index contributed by atoms with van der Waals surface area (Å²) >= 11 is 1.36. The first kappa shape index (κ1) is 25.3. The molecule has 0 aliphatic carbocycles. The predicted molar refractivity (Wildman–Crippen MR) is 137 cm³/mol. The van der Waals surface area contributed by atoms with Crippen LogP contribution in [0.5, 0.6) is 0 Å². The van der Waals surface area contributed by atoms with E-state index >= 15 is 0 Å². The molecule has 2 aliphatic rings. The summed E-state index contributed by atoms with van der Waals surface area (Å²) in [5, 5.41) is 21.2. The Labute approximate surface area is 215 Å². The van der Waals surface area contributed by atoms with Crippen LogP contribution in [0.15, 0.2) is 89.0 Å². The third-order valence-electron chi connectivity index (χ3n) is 6.85. The van der Waals surface area contributed by atoms with Gasteiger partial charge in [-0.15, -0.1) is 11.8 Å². The van der Waals surface area contributed by atoms with Gasteiger partial charge >= 0.3 is 5.97 Å². The van der Waals surface area contributed by atoms with E-state index in [2.05, 4.69) is 12.1 Å². The molecule has 0 saturated carbocycles. The fourth-order valence-corrected chi connectivity index (χ4v) is 6.41. The molecule has 3 atom stereocenters. The number of hydrogen-bond acceptors (Lipinski definition) is 6. The van der Waals surface area contributed by atoms with Gasteiger partial charge in [-0.05, 0) is 42.2 Å². The van der Waals surface area contributed by atoms with Crippen molar-refractivity contribution in [3.8, 4) is 12.1 Å². The third-order valence-corrected chi connectivity index (χ3v) is 8.06. The zero-order chi connectivity index (χ0) is 25.9. The number of nitriles is 2. The first-order valence-electron chi connectivity index (χ1n) is 11.9. The number of rotatable bonds is 7. The topological polar surface area (TPSA) is 94.2 Å². The number of nitrogens with zero attached hydrogens (tertiary/aromatic N) is 3. The van der Waals surface area contributed by atoms with Gasteiger partial charge in [0.2, 0.25) is 5.91 Å². The van der Waals surface area contributed by atoms with Crippen molar-refractivity contribution < 1.29 is 14.3 Å². The Hall–Kier alpha value is -3.81. The van der Waals surface area contributed by atoms with E-state index < -0.39 is 28.7 Å². The molecule has 182 valence electrons. The molecule has 2 aromatic rings. The van der Waals surface area contributed by atoms with Gasteiger partial charge in [0.25, 0.3) is 0 Å². The second kappa shape index (κ2) is 10.0. The molecular weight excluding hydrogens is 470 g/mol. The first-order chi connectivity index (χ1) is 17.4. The van der Waals surface area contributed by atoms with Crippen LogP contribution in [0.4, 0.5) is 0 Å². The van der Waals surface area contributed by atoms with E-state index in [0.717, 1.165) is 4.90 Å². The predicted octanol–water partition coefficient (Wildman–Crippen LogP) is 5.22. The van der Waals surface area contributed by atoms with E-state index in [9.17, 15) is 20.1 Å². The highest BCUT2D eigenvalue weighted by Gasteiger charge is 2.73. The Bertz CT molecular complexity index is 1310. The number of thioether (sulfide) groups is 1. The normalized spacial score (nSPS) is 24.9. The number of fused-ring (bicyclic) bond motifs is 1. The highest BCUT2D eigenvalue weighted by molar-refractivity contribution is 7.99. The molecule has 1 amide bonds. The lowest BCUT2D eigenvalue weighted by atomic mass is 9.64. The zero-order valence-electron chi connectivity index (χ0n) is 20.5. The third kappa shape index (κ3) is 3.72. The summed E-state index contributed by atoms with van der Waals surface area (Å²) in [5.41, 5.74) is -1.92. The monoisotopic (exact) mass is 497 g/mol. The Morgan fingerprint density at radius 2 is 1.75 bits per heavy atom. The van der Waals surface area contributed by atoms with E-state index in [1.165, 1.54) is 16.7 Å². The zero-order valence-corrected chi connectivity index (χ0v) is 21.3. The standard InChI is InChI=1S/C29H27N3O3S/c1-4-35-27(34)28(19-36-22-13-9-6-10-14-22)25(21-11-7-5-8-12-21)29(18-31)24(17-30)23(20(2)3)15-16-32(29)26(28)33/h5-16,20,25H,4,19H2,1-3H3/t25-,28-,29+/m1/s1. The summed E-state index contributed by atoms with van der Waals surface area (Å²) in [7, 11) is 0. The highest BCUT2D eigenvalue weighted by Crippen LogP contribution is 2.60. The van der Waals surface area contributed by atoms with Crippen LogP contribution < -0.4 is 0 Å². The van der Waals surface area contributed by atoms with Gasteiger partial charge in [0.05, 0.1) is 30.2 Å². The molecule has 2 heterocycles. The number of carbonyl (C=O) groups excluding carboxylic acids is 2. The van der Waals surface area contributed by atoms with Crippen molar-refractivity contribution in [3.63, 3.8) is 0 Å². The molecule has 7 heteroatoms. The van der Waals surface area contributed by atoms with Crippen molar-refractivity contribution in [2.45, 2.75) is 37.1 Å². The number of amides is 1. The van der Waals surface area contributed by atoms with E-state index in [1.54, 1.807) is 19.2 Å². The Morgan fingerprint density at radius 1 is 1.11 bits per heavy atom. The molecule has 0 N–H and O–H groups in total. The van der Waals surface area contributed by atoms with Gasteiger partial charge in [-0.2, -0.15) is 10.5 Å². The average molecular weight is 498 g/mol. The maximum absolute atomic E-state index is 14.4. The summed E-state index contributed by atoms with van der Waals surface area (Å²) in [6.07, 6.45) is 3.27. The Kier molecular flexibility index (Phi) is 7.06. The molecule has 2 aromatic carbocycles. The minimum Gasteiger partial charge on any atom is -0.465 e. The fraction of sp³-hybridized carbons (Fsp3) is 0.310. The highest BCUT2D eigenvalue weighted by atomic mass is 32.2. The van der Waals surface area contributed by atoms with Gasteiger partial charge in [0, 0.05) is 16.8 Å². The van der Waals surface area contributed by atoms with E-state index in [-0.39, 0.29) is 23.9 Å². The van der Waals surface area contributed by atoms with Crippen LogP contribution in [-0.4, -0.2) is 34.7 Å². The molecule has 2 aliphatic heterocycles. The lowest BCUT2D eigenvalue weighted by molar-refractivity contribution is -0.159. The van der Waals surface area contributed by atoms with Crippen molar-refractivity contribution in [2.24, 2.45) is 11.3 Å². The molecule has 6 nitrogen and oxygen atoms in total. The maximum Gasteiger partial charge on any atom is 0.323 e. The summed E-state index contributed by atoms with van der Waals surface area (Å²) in [5.74, 6) is -2.20. The van der Waals surface area contributed by atoms with Gasteiger partial charge < -0.3 is 4.74 Å². The molecule has 0 unspecified atom stereocenters. The molecule has 0 aromatic heterocycles. The fourth-order valence-electron chi connectivity index (χ4n) is 5.26. The number of allylic oxidation sites excluding steroid dienone is 2. The van der Waals surface area contributed by atoms with Gasteiger partial charge in [-0.3, -0.25) is 14.5 Å². The van der Waals surface area contributed by atoms with Crippen LogP contribution in [0, 0.1) is 34.0 Å². The van der Waals surface area contributed by atoms with Gasteiger partial charge in [0.15, 0.2) is 11.0 Å². The summed E-state index contributed by atoms with van der Waals surface area (Å²) in [6.45, 7) is 5.66. The minimum absolute atomic E-state index is 0.0533. The second-order valence-electron chi connectivity index (χ2n) is 9.10. The van der Waals surface area contributed by atoms with Crippen LogP contribution in [0.2, 0.25) is 0 Å². The van der Waals surface area contributed by atoms with Crippen LogP contribution >= 0.6 is 11.8 Å². The average Bonchev–Trinajstić information content (AvgIpc) is 3.13. The quantitative estimate of drug-likeness (QED) is 0.296. The van der Waals surface area contributed by atoms with Gasteiger partial charge in [0.1, 0.15) is 0 Å². The minimum atomic E-state index is -1.73. The molecule has 1 saturated heterocycles. The number of carbonyl (C=O) groups is 2. The molecule has 1 fully saturated rings. The van der Waals surface area contributed by atoms with Gasteiger partial charge in [-0.25, -0.2) is 0 Å². The molecular formula is C29H27N3O3S. The lowest BCUT2D eigenvalue weighted by Crippen LogP contribution is -2.49. The van der Waals surface area contributed by atoms with Crippen molar-refractivity contribution in [1.29, 1.82) is 10.5 Å². The molecule has 0 bridgehead atoms. The SMILES string of the molecule is CCOC(=O)[C@@]1(CSc2ccccc2)C(=O)N2C=CC(C(C)C)=C(C#N)[C@@]2(C#N)[C@@H]1c1ccccc1. The number of benzene rings is 2. The van der Waals surface area contributed by atoms with Crippen LogP contribution in [0.1, 0.15) is 32.3 Å². The Balaban J connectivity index is 2.04. The van der Waals surface area contributed by atoms with E-state index in [1.807, 2.05) is 74.5 Å². The van der Waals surface area contributed by atoms with Gasteiger partial charge in [-0.1, -0.05) is 62.4 Å². The van der Waals surface area contributed by atoms with Crippen LogP contribution in [0.25, 0.3) is 0 Å². The molecule has 36 heavy (non-hydrogen) atoms. The lowest BCUT2D eigenvalue weighted by Gasteiger charge is -2.39. The van der Waals surface area contributed by atoms with E-state index in [4.69, 9.17) is 4.74 Å². The number of hydrogen-bond donors (Lipinski definition) is 0. The second-order valence-corrected chi connectivity index (χ2v) is 10.2. The molecule has 0 spiro atoms. The summed E-state index contributed by atoms with van der Waals surface area (Å²) in [4.78, 5) is 30.4. The maximum atomic E-state index is 14.4. The van der Waals surface area contributed by atoms with Crippen LogP contribution in [-0.2, 0) is 14.3 Å². The first-order valence-corrected chi connectivity index (χ1v) is 12.8. The summed E-state index contributed by atoms with van der Waals surface area (Å²) in [6, 6.07) is 23.2. The van der Waals surface area contributed by atoms with E-state index in [0.29, 0.717) is 11.1 Å². The molecule has 0 radical (unpaired) electrons. The summed E-state index contributed by atoms with van der Waals surface area (Å²) < 4.78 is 5.55. The largest absolute Gasteiger partial charge is 0.465 e. The van der Waals surface area contributed by atoms with Crippen molar-refractivity contribution in [2.75, 3.05) is 12.4 Å². The molecule has 4 rings (SSSR count). The van der Waals surface area contributed by atoms with Crippen LogP contribution in [0.3, 0.4) is 0 Å².